The minimum Gasteiger partial charge on any atom is -0.479 e. The molecule has 1 heterocycles. The minimum absolute atomic E-state index is 0.198. The monoisotopic (exact) mass is 222 g/mol. The fraction of sp³-hybridized carbons (Fsp3) is 0. The molecule has 1 aromatic heterocycles. The molecule has 3 aromatic rings. The summed E-state index contributed by atoms with van der Waals surface area (Å²) in [5.41, 5.74) is 1.70. The quantitative estimate of drug-likeness (QED) is 0.688. The Bertz CT molecular complexity index is 680. The van der Waals surface area contributed by atoms with Crippen LogP contribution in [0.3, 0.4) is 0 Å². The first-order chi connectivity index (χ1) is 8.33. The van der Waals surface area contributed by atoms with E-state index < -0.39 is 0 Å². The molecule has 0 aliphatic heterocycles. The number of nitrogens with zero attached hydrogens (tertiary/aromatic N) is 2. The Kier molecular flexibility index (Phi) is 2.22. The van der Waals surface area contributed by atoms with Crippen molar-refractivity contribution in [3.05, 3.63) is 54.7 Å². The third-order valence-corrected chi connectivity index (χ3v) is 2.69. The molecule has 0 atom stereocenters. The van der Waals surface area contributed by atoms with Crippen LogP contribution < -0.4 is 0 Å². The van der Waals surface area contributed by atoms with E-state index in [4.69, 9.17) is 0 Å². The van der Waals surface area contributed by atoms with Gasteiger partial charge in [0, 0.05) is 11.8 Å². The Morgan fingerprint density at radius 2 is 1.71 bits per heavy atom. The summed E-state index contributed by atoms with van der Waals surface area (Å²) in [6, 6.07) is 15.8. The van der Waals surface area contributed by atoms with E-state index in [1.54, 1.807) is 12.3 Å². The Morgan fingerprint density at radius 3 is 2.53 bits per heavy atom. The first-order valence-corrected chi connectivity index (χ1v) is 5.34. The topological polar surface area (TPSA) is 46.0 Å². The molecule has 0 fully saturated rings. The van der Waals surface area contributed by atoms with Crippen LogP contribution in [0.1, 0.15) is 0 Å². The van der Waals surface area contributed by atoms with Gasteiger partial charge in [-0.2, -0.15) is 4.98 Å². The van der Waals surface area contributed by atoms with Gasteiger partial charge in [0.25, 0.3) is 0 Å². The second-order valence-corrected chi connectivity index (χ2v) is 3.80. The number of rotatable bonds is 1. The molecule has 0 bridgehead atoms. The smallest absolute Gasteiger partial charge is 0.314 e. The van der Waals surface area contributed by atoms with Crippen LogP contribution in [0.25, 0.3) is 22.0 Å². The SMILES string of the molecule is Oc1nccc(-c2ccc3ccccc3c2)n1. The molecular weight excluding hydrogens is 212 g/mol. The van der Waals surface area contributed by atoms with Gasteiger partial charge in [-0.1, -0.05) is 36.4 Å². The van der Waals surface area contributed by atoms with Crippen LogP contribution in [0, 0.1) is 0 Å². The summed E-state index contributed by atoms with van der Waals surface area (Å²) in [7, 11) is 0. The lowest BCUT2D eigenvalue weighted by Crippen LogP contribution is -1.85. The van der Waals surface area contributed by atoms with E-state index in [0.717, 1.165) is 16.6 Å². The molecule has 3 nitrogen and oxygen atoms in total. The first kappa shape index (κ1) is 9.78. The van der Waals surface area contributed by atoms with Crippen molar-refractivity contribution in [2.24, 2.45) is 0 Å². The van der Waals surface area contributed by atoms with Crippen molar-refractivity contribution in [1.82, 2.24) is 9.97 Å². The zero-order valence-electron chi connectivity index (χ0n) is 9.04. The molecule has 3 heteroatoms. The number of aromatic nitrogens is 2. The summed E-state index contributed by atoms with van der Waals surface area (Å²) in [5, 5.41) is 11.6. The van der Waals surface area contributed by atoms with Crippen LogP contribution in [0.4, 0.5) is 0 Å². The molecule has 0 radical (unpaired) electrons. The lowest BCUT2D eigenvalue weighted by Gasteiger charge is -2.03. The molecule has 0 spiro atoms. The molecule has 2 aromatic carbocycles. The van der Waals surface area contributed by atoms with Crippen LogP contribution >= 0.6 is 0 Å². The highest BCUT2D eigenvalue weighted by Crippen LogP contribution is 2.23. The highest BCUT2D eigenvalue weighted by molar-refractivity contribution is 5.86. The van der Waals surface area contributed by atoms with Gasteiger partial charge in [-0.15, -0.1) is 0 Å². The third kappa shape index (κ3) is 1.83. The van der Waals surface area contributed by atoms with Gasteiger partial charge in [0.05, 0.1) is 5.69 Å². The molecule has 0 aliphatic rings. The van der Waals surface area contributed by atoms with E-state index >= 15 is 0 Å². The fourth-order valence-corrected chi connectivity index (χ4v) is 1.86. The number of benzene rings is 2. The number of hydrogen-bond acceptors (Lipinski definition) is 3. The summed E-state index contributed by atoms with van der Waals surface area (Å²) in [5.74, 6) is 0. The summed E-state index contributed by atoms with van der Waals surface area (Å²) in [6.45, 7) is 0. The van der Waals surface area contributed by atoms with Gasteiger partial charge < -0.3 is 5.11 Å². The van der Waals surface area contributed by atoms with Gasteiger partial charge in [-0.05, 0) is 22.9 Å². The summed E-state index contributed by atoms with van der Waals surface area (Å²) >= 11 is 0. The second-order valence-electron chi connectivity index (χ2n) is 3.80. The Labute approximate surface area is 98.4 Å². The predicted molar refractivity (Wildman–Crippen MR) is 66.6 cm³/mol. The summed E-state index contributed by atoms with van der Waals surface area (Å²) in [6.07, 6.45) is 1.55. The number of fused-ring (bicyclic) bond motifs is 1. The molecule has 0 saturated heterocycles. The van der Waals surface area contributed by atoms with E-state index in [0.29, 0.717) is 0 Å². The molecule has 17 heavy (non-hydrogen) atoms. The Morgan fingerprint density at radius 1 is 0.882 bits per heavy atom. The highest BCUT2D eigenvalue weighted by Gasteiger charge is 2.02. The number of hydrogen-bond donors (Lipinski definition) is 1. The van der Waals surface area contributed by atoms with Crippen LogP contribution in [0.2, 0.25) is 0 Å². The second kappa shape index (κ2) is 3.87. The predicted octanol–water partition coefficient (Wildman–Crippen LogP) is 3.00. The van der Waals surface area contributed by atoms with Crippen molar-refractivity contribution < 1.29 is 5.11 Å². The third-order valence-electron chi connectivity index (χ3n) is 2.69. The average Bonchev–Trinajstić information content (AvgIpc) is 2.38. The average molecular weight is 222 g/mol. The van der Waals surface area contributed by atoms with Crippen LogP contribution in [0.5, 0.6) is 6.01 Å². The standard InChI is InChI=1S/C14H10N2O/c17-14-15-8-7-13(16-14)12-6-5-10-3-1-2-4-11(10)9-12/h1-9H,(H,15,16,17). The van der Waals surface area contributed by atoms with Gasteiger partial charge in [-0.25, -0.2) is 4.98 Å². The van der Waals surface area contributed by atoms with Gasteiger partial charge >= 0.3 is 6.01 Å². The van der Waals surface area contributed by atoms with Gasteiger partial charge in [-0.3, -0.25) is 0 Å². The molecule has 1 N–H and O–H groups in total. The normalized spacial score (nSPS) is 10.6. The molecule has 82 valence electrons. The van der Waals surface area contributed by atoms with Crippen molar-refractivity contribution in [3.8, 4) is 17.3 Å². The van der Waals surface area contributed by atoms with Gasteiger partial charge in [0.15, 0.2) is 0 Å². The lowest BCUT2D eigenvalue weighted by molar-refractivity contribution is 0.431. The van der Waals surface area contributed by atoms with E-state index in [2.05, 4.69) is 28.2 Å². The maximum Gasteiger partial charge on any atom is 0.314 e. The summed E-state index contributed by atoms with van der Waals surface area (Å²) in [4.78, 5) is 7.67. The van der Waals surface area contributed by atoms with Crippen molar-refractivity contribution in [2.75, 3.05) is 0 Å². The van der Waals surface area contributed by atoms with Crippen molar-refractivity contribution >= 4 is 10.8 Å². The Balaban J connectivity index is 2.18. The van der Waals surface area contributed by atoms with E-state index in [1.807, 2.05) is 24.3 Å². The zero-order valence-corrected chi connectivity index (χ0v) is 9.04. The van der Waals surface area contributed by atoms with Crippen molar-refractivity contribution in [2.45, 2.75) is 0 Å². The van der Waals surface area contributed by atoms with E-state index in [-0.39, 0.29) is 6.01 Å². The Hall–Kier alpha value is -2.42. The maximum atomic E-state index is 9.27. The van der Waals surface area contributed by atoms with Crippen LogP contribution in [0.15, 0.2) is 54.7 Å². The highest BCUT2D eigenvalue weighted by atomic mass is 16.3. The zero-order chi connectivity index (χ0) is 11.7. The first-order valence-electron chi connectivity index (χ1n) is 5.34. The fourth-order valence-electron chi connectivity index (χ4n) is 1.86. The molecule has 0 saturated carbocycles. The molecule has 0 aliphatic carbocycles. The lowest BCUT2D eigenvalue weighted by atomic mass is 10.1. The van der Waals surface area contributed by atoms with Crippen molar-refractivity contribution in [1.29, 1.82) is 0 Å². The van der Waals surface area contributed by atoms with Gasteiger partial charge in [0.2, 0.25) is 0 Å². The number of aromatic hydroxyl groups is 1. The molecule has 0 unspecified atom stereocenters. The minimum atomic E-state index is -0.198. The molecular formula is C14H10N2O. The summed E-state index contributed by atoms with van der Waals surface area (Å²) < 4.78 is 0. The van der Waals surface area contributed by atoms with E-state index in [1.165, 1.54) is 5.39 Å². The van der Waals surface area contributed by atoms with Crippen LogP contribution in [-0.4, -0.2) is 15.1 Å². The largest absolute Gasteiger partial charge is 0.479 e. The van der Waals surface area contributed by atoms with Gasteiger partial charge in [0.1, 0.15) is 0 Å². The van der Waals surface area contributed by atoms with Crippen molar-refractivity contribution in [3.63, 3.8) is 0 Å². The molecule has 3 rings (SSSR count). The van der Waals surface area contributed by atoms with Crippen LogP contribution in [-0.2, 0) is 0 Å². The molecule has 0 amide bonds. The maximum absolute atomic E-state index is 9.27. The van der Waals surface area contributed by atoms with E-state index in [9.17, 15) is 5.11 Å².